The molecule has 0 bridgehead atoms. The Bertz CT molecular complexity index is 853. The first-order valence-electron chi connectivity index (χ1n) is 7.93. The molecular weight excluding hydrogens is 336 g/mol. The fourth-order valence-electron chi connectivity index (χ4n) is 2.12. The van der Waals surface area contributed by atoms with Crippen LogP contribution in [0.3, 0.4) is 0 Å². The van der Waals surface area contributed by atoms with Crippen molar-refractivity contribution < 1.29 is 24.5 Å². The average Bonchev–Trinajstić information content (AvgIpc) is 2.53. The van der Waals surface area contributed by atoms with Crippen LogP contribution in [0.5, 0.6) is 5.75 Å². The number of hydrogen-bond donors (Lipinski definition) is 2. The Kier molecular flexibility index (Phi) is 5.71. The lowest BCUT2D eigenvalue weighted by Crippen LogP contribution is -2.23. The van der Waals surface area contributed by atoms with Crippen LogP contribution in [0.4, 0.5) is 11.4 Å². The molecule has 0 fully saturated rings. The number of carboxylic acids is 1. The molecule has 7 nitrogen and oxygen atoms in total. The maximum absolute atomic E-state index is 12.2. The van der Waals surface area contributed by atoms with Gasteiger partial charge >= 0.3 is 11.9 Å². The molecule has 0 aliphatic rings. The SMILES string of the molecule is CC(C)(C)OC(=O)c1cc(N=Nc2ccccc2CC(=O)O)ccc1O. The Morgan fingerprint density at radius 3 is 2.42 bits per heavy atom. The first-order chi connectivity index (χ1) is 12.2. The topological polar surface area (TPSA) is 109 Å². The number of aromatic hydroxyl groups is 1. The summed E-state index contributed by atoms with van der Waals surface area (Å²) >= 11 is 0. The van der Waals surface area contributed by atoms with Crippen molar-refractivity contribution in [1.82, 2.24) is 0 Å². The van der Waals surface area contributed by atoms with Crippen molar-refractivity contribution in [3.63, 3.8) is 0 Å². The first kappa shape index (κ1) is 19.1. The van der Waals surface area contributed by atoms with E-state index >= 15 is 0 Å². The summed E-state index contributed by atoms with van der Waals surface area (Å²) in [6.07, 6.45) is -0.173. The third kappa shape index (κ3) is 5.41. The highest BCUT2D eigenvalue weighted by Crippen LogP contribution is 2.28. The van der Waals surface area contributed by atoms with E-state index in [9.17, 15) is 14.7 Å². The number of benzene rings is 2. The standard InChI is InChI=1S/C19H20N2O5/c1-19(2,3)26-18(25)14-11-13(8-9-16(14)22)20-21-15-7-5-4-6-12(15)10-17(23)24/h4-9,11,22H,10H2,1-3H3,(H,23,24). The third-order valence-electron chi connectivity index (χ3n) is 3.21. The second-order valence-electron chi connectivity index (χ2n) is 6.60. The third-order valence-corrected chi connectivity index (χ3v) is 3.21. The highest BCUT2D eigenvalue weighted by atomic mass is 16.6. The van der Waals surface area contributed by atoms with Gasteiger partial charge in [0.1, 0.15) is 16.9 Å². The number of hydrogen-bond acceptors (Lipinski definition) is 6. The van der Waals surface area contributed by atoms with Crippen LogP contribution in [-0.4, -0.2) is 27.8 Å². The number of carboxylic acid groups (broad SMARTS) is 1. The van der Waals surface area contributed by atoms with Crippen LogP contribution in [0.15, 0.2) is 52.7 Å². The summed E-state index contributed by atoms with van der Waals surface area (Å²) in [5.74, 6) is -1.85. The second kappa shape index (κ2) is 7.77. The predicted octanol–water partition coefficient (Wildman–Crippen LogP) is 4.39. The van der Waals surface area contributed by atoms with E-state index in [0.29, 0.717) is 16.9 Å². The molecule has 2 N–H and O–H groups in total. The molecule has 136 valence electrons. The zero-order valence-electron chi connectivity index (χ0n) is 14.8. The van der Waals surface area contributed by atoms with Crippen LogP contribution >= 0.6 is 0 Å². The fraction of sp³-hybridized carbons (Fsp3) is 0.263. The van der Waals surface area contributed by atoms with Gasteiger partial charge in [0.2, 0.25) is 0 Å². The van der Waals surface area contributed by atoms with E-state index in [1.165, 1.54) is 18.2 Å². The second-order valence-corrected chi connectivity index (χ2v) is 6.60. The predicted molar refractivity (Wildman–Crippen MR) is 95.2 cm³/mol. The quantitative estimate of drug-likeness (QED) is 0.610. The molecule has 0 radical (unpaired) electrons. The van der Waals surface area contributed by atoms with Crippen molar-refractivity contribution in [2.24, 2.45) is 10.2 Å². The molecule has 0 unspecified atom stereocenters. The molecule has 0 aromatic heterocycles. The van der Waals surface area contributed by atoms with Gasteiger partial charge in [-0.15, -0.1) is 0 Å². The van der Waals surface area contributed by atoms with E-state index in [0.717, 1.165) is 0 Å². The highest BCUT2D eigenvalue weighted by molar-refractivity contribution is 5.93. The van der Waals surface area contributed by atoms with E-state index < -0.39 is 17.5 Å². The van der Waals surface area contributed by atoms with Gasteiger partial charge in [0, 0.05) is 0 Å². The van der Waals surface area contributed by atoms with E-state index in [-0.39, 0.29) is 17.7 Å². The minimum absolute atomic E-state index is 0.0183. The van der Waals surface area contributed by atoms with Gasteiger partial charge in [0.05, 0.1) is 17.8 Å². The summed E-state index contributed by atoms with van der Waals surface area (Å²) in [4.78, 5) is 23.1. The van der Waals surface area contributed by atoms with Crippen molar-refractivity contribution in [1.29, 1.82) is 0 Å². The normalized spacial score (nSPS) is 11.5. The lowest BCUT2D eigenvalue weighted by Gasteiger charge is -2.19. The molecule has 2 rings (SSSR count). The Balaban J connectivity index is 2.28. The van der Waals surface area contributed by atoms with Gasteiger partial charge in [0.25, 0.3) is 0 Å². The van der Waals surface area contributed by atoms with E-state index in [4.69, 9.17) is 9.84 Å². The number of azo groups is 1. The largest absolute Gasteiger partial charge is 0.507 e. The van der Waals surface area contributed by atoms with Crippen molar-refractivity contribution in [2.75, 3.05) is 0 Å². The minimum Gasteiger partial charge on any atom is -0.507 e. The molecule has 0 saturated carbocycles. The minimum atomic E-state index is -0.968. The summed E-state index contributed by atoms with van der Waals surface area (Å²) in [7, 11) is 0. The number of phenolic OH excluding ortho intramolecular Hbond substituents is 1. The summed E-state index contributed by atoms with van der Waals surface area (Å²) in [5.41, 5.74) is 0.553. The molecule has 0 heterocycles. The molecule has 2 aromatic rings. The zero-order valence-corrected chi connectivity index (χ0v) is 14.8. The smallest absolute Gasteiger partial charge is 0.342 e. The van der Waals surface area contributed by atoms with E-state index in [2.05, 4.69) is 10.2 Å². The van der Waals surface area contributed by atoms with Crippen LogP contribution < -0.4 is 0 Å². The number of rotatable bonds is 5. The molecule has 0 aliphatic heterocycles. The molecule has 0 saturated heterocycles. The van der Waals surface area contributed by atoms with Gasteiger partial charge in [-0.1, -0.05) is 18.2 Å². The average molecular weight is 356 g/mol. The first-order valence-corrected chi connectivity index (χ1v) is 7.93. The zero-order chi connectivity index (χ0) is 19.3. The molecule has 0 spiro atoms. The van der Waals surface area contributed by atoms with Crippen LogP contribution in [0, 0.1) is 0 Å². The Morgan fingerprint density at radius 1 is 1.08 bits per heavy atom. The highest BCUT2D eigenvalue weighted by Gasteiger charge is 2.20. The van der Waals surface area contributed by atoms with Crippen LogP contribution in [-0.2, 0) is 16.0 Å². The maximum atomic E-state index is 12.2. The summed E-state index contributed by atoms with van der Waals surface area (Å²) in [6, 6.07) is 10.9. The maximum Gasteiger partial charge on any atom is 0.342 e. The summed E-state index contributed by atoms with van der Waals surface area (Å²) < 4.78 is 5.25. The van der Waals surface area contributed by atoms with Crippen LogP contribution in [0.1, 0.15) is 36.7 Å². The van der Waals surface area contributed by atoms with Crippen LogP contribution in [0.25, 0.3) is 0 Å². The van der Waals surface area contributed by atoms with Crippen molar-refractivity contribution in [3.05, 3.63) is 53.6 Å². The number of carbonyl (C=O) groups excluding carboxylic acids is 1. The molecule has 26 heavy (non-hydrogen) atoms. The molecular formula is C19H20N2O5. The summed E-state index contributed by atoms with van der Waals surface area (Å²) in [5, 5.41) is 26.9. The van der Waals surface area contributed by atoms with Gasteiger partial charge < -0.3 is 14.9 Å². The van der Waals surface area contributed by atoms with E-state index in [1.54, 1.807) is 45.0 Å². The van der Waals surface area contributed by atoms with Gasteiger partial charge in [-0.2, -0.15) is 10.2 Å². The van der Waals surface area contributed by atoms with Gasteiger partial charge in [0.15, 0.2) is 0 Å². The Labute approximate surface area is 151 Å². The molecule has 0 aliphatic carbocycles. The number of ether oxygens (including phenoxy) is 1. The fourth-order valence-corrected chi connectivity index (χ4v) is 2.12. The van der Waals surface area contributed by atoms with Crippen LogP contribution in [0.2, 0.25) is 0 Å². The van der Waals surface area contributed by atoms with Gasteiger partial charge in [-0.3, -0.25) is 4.79 Å². The Morgan fingerprint density at radius 2 is 1.77 bits per heavy atom. The summed E-state index contributed by atoms with van der Waals surface area (Å²) in [6.45, 7) is 5.18. The van der Waals surface area contributed by atoms with E-state index in [1.807, 2.05) is 0 Å². The molecule has 0 amide bonds. The number of carbonyl (C=O) groups is 2. The van der Waals surface area contributed by atoms with Gasteiger partial charge in [-0.25, -0.2) is 4.79 Å². The monoisotopic (exact) mass is 356 g/mol. The molecule has 7 heteroatoms. The number of aliphatic carboxylic acids is 1. The van der Waals surface area contributed by atoms with Gasteiger partial charge in [-0.05, 0) is 50.6 Å². The number of phenols is 1. The molecule has 0 atom stereocenters. The van der Waals surface area contributed by atoms with Crippen molar-refractivity contribution >= 4 is 23.3 Å². The van der Waals surface area contributed by atoms with Crippen molar-refractivity contribution in [2.45, 2.75) is 32.8 Å². The number of esters is 1. The lowest BCUT2D eigenvalue weighted by atomic mass is 10.1. The molecule has 2 aromatic carbocycles. The Hall–Kier alpha value is -3.22. The lowest BCUT2D eigenvalue weighted by molar-refractivity contribution is -0.136. The van der Waals surface area contributed by atoms with Crippen molar-refractivity contribution in [3.8, 4) is 5.75 Å². The number of nitrogens with zero attached hydrogens (tertiary/aromatic N) is 2.